The molecule has 0 saturated carbocycles. The molecule has 0 aliphatic carbocycles. The smallest absolute Gasteiger partial charge is 0.293 e. The Labute approximate surface area is 147 Å². The molecule has 1 aliphatic heterocycles. The number of carbonyl (C=O) groups excluding carboxylic acids is 3. The summed E-state index contributed by atoms with van der Waals surface area (Å²) in [6.45, 7) is 0.387. The second-order valence-electron chi connectivity index (χ2n) is 5.01. The summed E-state index contributed by atoms with van der Waals surface area (Å²) in [4.78, 5) is 37.7. The van der Waals surface area contributed by atoms with Crippen LogP contribution in [0.1, 0.15) is 15.9 Å². The molecule has 24 heavy (non-hydrogen) atoms. The third-order valence-corrected chi connectivity index (χ3v) is 4.97. The normalized spacial score (nSPS) is 16.0. The van der Waals surface area contributed by atoms with E-state index in [1.165, 1.54) is 11.3 Å². The Kier molecular flexibility index (Phi) is 5.12. The van der Waals surface area contributed by atoms with Gasteiger partial charge in [-0.05, 0) is 34.8 Å². The number of benzene rings is 1. The summed E-state index contributed by atoms with van der Waals surface area (Å²) >= 11 is 2.36. The van der Waals surface area contributed by atoms with Crippen LogP contribution >= 0.6 is 23.1 Å². The van der Waals surface area contributed by atoms with Gasteiger partial charge in [0.25, 0.3) is 17.1 Å². The van der Waals surface area contributed by atoms with E-state index in [-0.39, 0.29) is 30.1 Å². The fourth-order valence-corrected chi connectivity index (χ4v) is 3.67. The molecule has 1 aromatic carbocycles. The zero-order chi connectivity index (χ0) is 16.9. The number of thiophene rings is 1. The number of imide groups is 1. The van der Waals surface area contributed by atoms with Gasteiger partial charge in [0.2, 0.25) is 0 Å². The third-order valence-electron chi connectivity index (χ3n) is 3.38. The third kappa shape index (κ3) is 3.74. The number of amides is 3. The van der Waals surface area contributed by atoms with Crippen molar-refractivity contribution in [2.75, 3.05) is 13.1 Å². The van der Waals surface area contributed by atoms with Gasteiger partial charge in [0.15, 0.2) is 0 Å². The fraction of sp³-hybridized carbons (Fsp3) is 0.118. The molecule has 5 nitrogen and oxygen atoms in total. The van der Waals surface area contributed by atoms with E-state index in [0.29, 0.717) is 10.5 Å². The number of hydrogen-bond donors (Lipinski definition) is 1. The quantitative estimate of drug-likeness (QED) is 0.834. The lowest BCUT2D eigenvalue weighted by Crippen LogP contribution is -2.37. The lowest BCUT2D eigenvalue weighted by Gasteiger charge is -2.12. The van der Waals surface area contributed by atoms with Crippen LogP contribution in [0.4, 0.5) is 4.79 Å². The Hall–Kier alpha value is -2.38. The molecule has 1 fully saturated rings. The van der Waals surface area contributed by atoms with Crippen molar-refractivity contribution < 1.29 is 14.4 Å². The van der Waals surface area contributed by atoms with E-state index in [1.807, 2.05) is 35.7 Å². The average molecular weight is 358 g/mol. The summed E-state index contributed by atoms with van der Waals surface area (Å²) < 4.78 is 0. The van der Waals surface area contributed by atoms with E-state index in [2.05, 4.69) is 5.32 Å². The number of thioether (sulfide) groups is 1. The molecule has 0 radical (unpaired) electrons. The fourth-order valence-electron chi connectivity index (χ4n) is 2.17. The van der Waals surface area contributed by atoms with Gasteiger partial charge in [-0.2, -0.15) is 11.3 Å². The molecule has 0 spiro atoms. The van der Waals surface area contributed by atoms with Gasteiger partial charge in [0.05, 0.1) is 4.91 Å². The van der Waals surface area contributed by atoms with Gasteiger partial charge in [0, 0.05) is 24.0 Å². The van der Waals surface area contributed by atoms with Crippen LogP contribution in [0.15, 0.2) is 52.1 Å². The van der Waals surface area contributed by atoms with E-state index in [4.69, 9.17) is 0 Å². The highest BCUT2D eigenvalue weighted by molar-refractivity contribution is 8.18. The van der Waals surface area contributed by atoms with Crippen LogP contribution in [-0.4, -0.2) is 35.0 Å². The molecular weight excluding hydrogens is 344 g/mol. The van der Waals surface area contributed by atoms with Crippen molar-refractivity contribution in [3.05, 3.63) is 63.2 Å². The molecule has 1 aliphatic rings. The summed E-state index contributed by atoms with van der Waals surface area (Å²) in [6.07, 6.45) is 1.70. The molecule has 0 bridgehead atoms. The first kappa shape index (κ1) is 16.5. The Morgan fingerprint density at radius 1 is 1.17 bits per heavy atom. The summed E-state index contributed by atoms with van der Waals surface area (Å²) in [5.41, 5.74) is 1.45. The highest BCUT2D eigenvalue weighted by Gasteiger charge is 2.34. The highest BCUT2D eigenvalue weighted by atomic mass is 32.2. The largest absolute Gasteiger partial charge is 0.350 e. The number of rotatable bonds is 5. The van der Waals surface area contributed by atoms with Crippen molar-refractivity contribution in [2.45, 2.75) is 0 Å². The van der Waals surface area contributed by atoms with Crippen molar-refractivity contribution in [1.82, 2.24) is 10.2 Å². The second kappa shape index (κ2) is 7.46. The van der Waals surface area contributed by atoms with Gasteiger partial charge in [0.1, 0.15) is 0 Å². The van der Waals surface area contributed by atoms with Crippen LogP contribution in [0.3, 0.4) is 0 Å². The number of carbonyl (C=O) groups is 3. The van der Waals surface area contributed by atoms with Crippen molar-refractivity contribution in [1.29, 1.82) is 0 Å². The Balaban J connectivity index is 1.59. The minimum absolute atomic E-state index is 0.159. The summed E-state index contributed by atoms with van der Waals surface area (Å²) in [5.74, 6) is -0.526. The van der Waals surface area contributed by atoms with Crippen LogP contribution < -0.4 is 5.32 Å². The molecular formula is C17H14N2O3S2. The lowest BCUT2D eigenvalue weighted by atomic mass is 10.2. The molecule has 2 aromatic rings. The van der Waals surface area contributed by atoms with Crippen LogP contribution in [0, 0.1) is 0 Å². The van der Waals surface area contributed by atoms with E-state index in [1.54, 1.807) is 17.5 Å². The number of hydrogen-bond acceptors (Lipinski definition) is 5. The van der Waals surface area contributed by atoms with Gasteiger partial charge in [-0.3, -0.25) is 19.3 Å². The number of nitrogens with one attached hydrogen (secondary N) is 1. The van der Waals surface area contributed by atoms with Crippen molar-refractivity contribution in [3.8, 4) is 0 Å². The van der Waals surface area contributed by atoms with Crippen molar-refractivity contribution in [3.63, 3.8) is 0 Å². The van der Waals surface area contributed by atoms with Gasteiger partial charge in [-0.15, -0.1) is 0 Å². The molecule has 1 saturated heterocycles. The maximum Gasteiger partial charge on any atom is 0.293 e. The molecule has 1 aromatic heterocycles. The van der Waals surface area contributed by atoms with Gasteiger partial charge in [-0.25, -0.2) is 0 Å². The van der Waals surface area contributed by atoms with Crippen molar-refractivity contribution >= 4 is 46.2 Å². The van der Waals surface area contributed by atoms with Crippen LogP contribution in [0.25, 0.3) is 6.08 Å². The van der Waals surface area contributed by atoms with E-state index in [9.17, 15) is 14.4 Å². The maximum absolute atomic E-state index is 12.3. The second-order valence-corrected chi connectivity index (χ2v) is 6.79. The molecule has 2 heterocycles. The predicted molar refractivity (Wildman–Crippen MR) is 95.8 cm³/mol. The molecule has 3 amide bonds. The summed E-state index contributed by atoms with van der Waals surface area (Å²) in [6, 6.07) is 11.1. The molecule has 0 atom stereocenters. The lowest BCUT2D eigenvalue weighted by molar-refractivity contribution is -0.122. The van der Waals surface area contributed by atoms with Crippen molar-refractivity contribution in [2.24, 2.45) is 0 Å². The Morgan fingerprint density at radius 2 is 1.96 bits per heavy atom. The Morgan fingerprint density at radius 3 is 2.67 bits per heavy atom. The van der Waals surface area contributed by atoms with Crippen LogP contribution in [0.2, 0.25) is 0 Å². The summed E-state index contributed by atoms with van der Waals surface area (Å²) in [7, 11) is 0. The first-order valence-electron chi connectivity index (χ1n) is 7.26. The van der Waals surface area contributed by atoms with Gasteiger partial charge < -0.3 is 5.32 Å². The monoisotopic (exact) mass is 358 g/mol. The van der Waals surface area contributed by atoms with Crippen LogP contribution in [0.5, 0.6) is 0 Å². The first-order chi connectivity index (χ1) is 11.6. The Bertz CT molecular complexity index is 785. The predicted octanol–water partition coefficient (Wildman–Crippen LogP) is 3.21. The standard InChI is InChI=1S/C17H14N2O3S2/c20-15(13-6-9-23-11-13)18-7-8-19-16(21)14(24-17(19)22)10-12-4-2-1-3-5-12/h1-6,9-11H,7-8H2,(H,18,20)/b14-10-. The van der Waals surface area contributed by atoms with E-state index >= 15 is 0 Å². The molecule has 0 unspecified atom stereocenters. The maximum atomic E-state index is 12.3. The molecule has 122 valence electrons. The minimum Gasteiger partial charge on any atom is -0.350 e. The number of nitrogens with zero attached hydrogens (tertiary/aromatic N) is 1. The first-order valence-corrected chi connectivity index (χ1v) is 9.02. The van der Waals surface area contributed by atoms with Crippen LogP contribution in [-0.2, 0) is 4.79 Å². The molecule has 7 heteroatoms. The molecule has 1 N–H and O–H groups in total. The zero-order valence-electron chi connectivity index (χ0n) is 12.6. The summed E-state index contributed by atoms with van der Waals surface area (Å²) in [5, 5.41) is 5.96. The van der Waals surface area contributed by atoms with E-state index < -0.39 is 0 Å². The average Bonchev–Trinajstić information content (AvgIpc) is 3.20. The highest BCUT2D eigenvalue weighted by Crippen LogP contribution is 2.31. The topological polar surface area (TPSA) is 66.5 Å². The van der Waals surface area contributed by atoms with Gasteiger partial charge >= 0.3 is 0 Å². The SMILES string of the molecule is O=C(NCCN1C(=O)S/C(=C\c2ccccc2)C1=O)c1ccsc1. The minimum atomic E-state index is -0.321. The van der Waals surface area contributed by atoms with E-state index in [0.717, 1.165) is 22.2 Å². The zero-order valence-corrected chi connectivity index (χ0v) is 14.2. The molecule has 3 rings (SSSR count). The van der Waals surface area contributed by atoms with Gasteiger partial charge in [-0.1, -0.05) is 30.3 Å².